The van der Waals surface area contributed by atoms with E-state index in [0.717, 1.165) is 32.5 Å². The number of halogens is 1. The van der Waals surface area contributed by atoms with Crippen LogP contribution >= 0.6 is 11.6 Å². The molecule has 1 unspecified atom stereocenters. The first-order chi connectivity index (χ1) is 9.69. The van der Waals surface area contributed by atoms with Gasteiger partial charge in [0.1, 0.15) is 0 Å². The third-order valence-electron chi connectivity index (χ3n) is 3.69. The van der Waals surface area contributed by atoms with Gasteiger partial charge in [0.2, 0.25) is 5.91 Å². The summed E-state index contributed by atoms with van der Waals surface area (Å²) in [4.78, 5) is 14.3. The lowest BCUT2D eigenvalue weighted by Gasteiger charge is -2.32. The second-order valence-electron chi connectivity index (χ2n) is 5.35. The number of hydrogen-bond donors (Lipinski definition) is 2. The number of nitrogens with one attached hydrogen (secondary N) is 1. The summed E-state index contributed by atoms with van der Waals surface area (Å²) >= 11 is 6.03. The van der Waals surface area contributed by atoms with E-state index in [1.54, 1.807) is 6.07 Å². The maximum Gasteiger partial charge on any atom is 0.238 e. The fourth-order valence-corrected chi connectivity index (χ4v) is 2.90. The molecule has 1 saturated heterocycles. The van der Waals surface area contributed by atoms with Crippen molar-refractivity contribution in [1.82, 2.24) is 4.90 Å². The molecule has 2 rings (SSSR count). The summed E-state index contributed by atoms with van der Waals surface area (Å²) in [6, 6.07) is 7.29. The Kier molecular flexibility index (Phi) is 5.83. The monoisotopic (exact) mass is 295 g/mol. The van der Waals surface area contributed by atoms with E-state index in [0.29, 0.717) is 23.2 Å². The second kappa shape index (κ2) is 7.62. The molecule has 0 radical (unpaired) electrons. The number of anilines is 1. The molecule has 1 heterocycles. The molecule has 1 aromatic carbocycles. The standard InChI is InChI=1S/C15H22ClN3O/c16-13-5-1-2-6-14(13)18-15(20)11-19-9-3-4-12(10-19)7-8-17/h1-2,5-6,12H,3-4,7-11,17H2,(H,18,20). The summed E-state index contributed by atoms with van der Waals surface area (Å²) in [5, 5.41) is 3.44. The number of likely N-dealkylation sites (tertiary alicyclic amines) is 1. The Morgan fingerprint density at radius 2 is 2.25 bits per heavy atom. The molecule has 4 nitrogen and oxygen atoms in total. The Balaban J connectivity index is 1.84. The van der Waals surface area contributed by atoms with Gasteiger partial charge in [-0.1, -0.05) is 23.7 Å². The van der Waals surface area contributed by atoms with Gasteiger partial charge in [-0.05, 0) is 50.4 Å². The van der Waals surface area contributed by atoms with Gasteiger partial charge in [0.15, 0.2) is 0 Å². The van der Waals surface area contributed by atoms with Crippen molar-refractivity contribution in [2.75, 3.05) is 31.5 Å². The van der Waals surface area contributed by atoms with Gasteiger partial charge in [0.25, 0.3) is 0 Å². The number of para-hydroxylation sites is 1. The first-order valence-corrected chi connectivity index (χ1v) is 7.53. The van der Waals surface area contributed by atoms with E-state index in [1.807, 2.05) is 18.2 Å². The summed E-state index contributed by atoms with van der Waals surface area (Å²) in [6.07, 6.45) is 3.41. The Labute approximate surface area is 125 Å². The first kappa shape index (κ1) is 15.3. The van der Waals surface area contributed by atoms with Gasteiger partial charge >= 0.3 is 0 Å². The van der Waals surface area contributed by atoms with Crippen molar-refractivity contribution in [3.8, 4) is 0 Å². The van der Waals surface area contributed by atoms with Crippen LogP contribution in [-0.2, 0) is 4.79 Å². The van der Waals surface area contributed by atoms with Crippen LogP contribution in [0, 0.1) is 5.92 Å². The van der Waals surface area contributed by atoms with Crippen LogP contribution in [0.2, 0.25) is 5.02 Å². The second-order valence-corrected chi connectivity index (χ2v) is 5.76. The van der Waals surface area contributed by atoms with E-state index in [-0.39, 0.29) is 5.91 Å². The van der Waals surface area contributed by atoms with Gasteiger partial charge in [-0.15, -0.1) is 0 Å². The molecule has 1 fully saturated rings. The van der Waals surface area contributed by atoms with Crippen LogP contribution in [0.1, 0.15) is 19.3 Å². The van der Waals surface area contributed by atoms with Crippen molar-refractivity contribution in [2.45, 2.75) is 19.3 Å². The maximum absolute atomic E-state index is 12.1. The molecule has 1 atom stereocenters. The normalized spacial score (nSPS) is 19.8. The lowest BCUT2D eigenvalue weighted by Crippen LogP contribution is -2.40. The molecule has 0 saturated carbocycles. The van der Waals surface area contributed by atoms with E-state index in [4.69, 9.17) is 17.3 Å². The molecule has 0 aromatic heterocycles. The Morgan fingerprint density at radius 1 is 1.45 bits per heavy atom. The molecule has 20 heavy (non-hydrogen) atoms. The Hall–Kier alpha value is -1.10. The van der Waals surface area contributed by atoms with Crippen LogP contribution in [0.3, 0.4) is 0 Å². The highest BCUT2D eigenvalue weighted by molar-refractivity contribution is 6.33. The highest BCUT2D eigenvalue weighted by Crippen LogP contribution is 2.21. The number of nitrogens with two attached hydrogens (primary N) is 1. The molecular formula is C15H22ClN3O. The molecule has 1 aliphatic heterocycles. The number of piperidine rings is 1. The van der Waals surface area contributed by atoms with E-state index in [9.17, 15) is 4.79 Å². The molecule has 0 aliphatic carbocycles. The van der Waals surface area contributed by atoms with E-state index >= 15 is 0 Å². The number of hydrogen-bond acceptors (Lipinski definition) is 3. The molecule has 5 heteroatoms. The molecular weight excluding hydrogens is 274 g/mol. The van der Waals surface area contributed by atoms with Gasteiger partial charge in [0.05, 0.1) is 17.3 Å². The zero-order valence-corrected chi connectivity index (χ0v) is 12.4. The summed E-state index contributed by atoms with van der Waals surface area (Å²) in [7, 11) is 0. The highest BCUT2D eigenvalue weighted by Gasteiger charge is 2.21. The lowest BCUT2D eigenvalue weighted by atomic mass is 9.95. The number of carbonyl (C=O) groups is 1. The zero-order chi connectivity index (χ0) is 14.4. The Morgan fingerprint density at radius 3 is 3.00 bits per heavy atom. The number of nitrogens with zero attached hydrogens (tertiary/aromatic N) is 1. The van der Waals surface area contributed by atoms with Crippen molar-refractivity contribution in [3.05, 3.63) is 29.3 Å². The molecule has 1 aliphatic rings. The minimum atomic E-state index is -0.00787. The fraction of sp³-hybridized carbons (Fsp3) is 0.533. The predicted molar refractivity (Wildman–Crippen MR) is 82.9 cm³/mol. The number of rotatable bonds is 5. The van der Waals surface area contributed by atoms with Crippen LogP contribution in [0.4, 0.5) is 5.69 Å². The average molecular weight is 296 g/mol. The minimum absolute atomic E-state index is 0.00787. The van der Waals surface area contributed by atoms with Crippen molar-refractivity contribution in [2.24, 2.45) is 11.7 Å². The number of carbonyl (C=O) groups excluding carboxylic acids is 1. The van der Waals surface area contributed by atoms with Crippen molar-refractivity contribution in [1.29, 1.82) is 0 Å². The molecule has 1 amide bonds. The summed E-state index contributed by atoms with van der Waals surface area (Å²) in [5.74, 6) is 0.619. The van der Waals surface area contributed by atoms with E-state index in [2.05, 4.69) is 10.2 Å². The van der Waals surface area contributed by atoms with Gasteiger partial charge in [-0.3, -0.25) is 9.69 Å². The first-order valence-electron chi connectivity index (χ1n) is 7.16. The summed E-state index contributed by atoms with van der Waals surface area (Å²) in [6.45, 7) is 3.10. The van der Waals surface area contributed by atoms with Gasteiger partial charge in [-0.2, -0.15) is 0 Å². The minimum Gasteiger partial charge on any atom is -0.330 e. The van der Waals surface area contributed by atoms with Crippen LogP contribution in [0.25, 0.3) is 0 Å². The molecule has 0 bridgehead atoms. The SMILES string of the molecule is NCCC1CCCN(CC(=O)Nc2ccccc2Cl)C1. The highest BCUT2D eigenvalue weighted by atomic mass is 35.5. The van der Waals surface area contributed by atoms with E-state index < -0.39 is 0 Å². The third-order valence-corrected chi connectivity index (χ3v) is 4.02. The third kappa shape index (κ3) is 4.47. The fourth-order valence-electron chi connectivity index (χ4n) is 2.72. The number of benzene rings is 1. The van der Waals surface area contributed by atoms with Crippen LogP contribution in [0.15, 0.2) is 24.3 Å². The number of amides is 1. The topological polar surface area (TPSA) is 58.4 Å². The van der Waals surface area contributed by atoms with Crippen molar-refractivity contribution < 1.29 is 4.79 Å². The maximum atomic E-state index is 12.1. The average Bonchev–Trinajstić information content (AvgIpc) is 2.42. The van der Waals surface area contributed by atoms with E-state index in [1.165, 1.54) is 6.42 Å². The molecule has 3 N–H and O–H groups in total. The van der Waals surface area contributed by atoms with Crippen molar-refractivity contribution >= 4 is 23.2 Å². The van der Waals surface area contributed by atoms with Crippen LogP contribution < -0.4 is 11.1 Å². The molecule has 110 valence electrons. The summed E-state index contributed by atoms with van der Waals surface area (Å²) in [5.41, 5.74) is 6.29. The smallest absolute Gasteiger partial charge is 0.238 e. The van der Waals surface area contributed by atoms with Gasteiger partial charge < -0.3 is 11.1 Å². The summed E-state index contributed by atoms with van der Waals surface area (Å²) < 4.78 is 0. The van der Waals surface area contributed by atoms with Gasteiger partial charge in [0, 0.05) is 6.54 Å². The zero-order valence-electron chi connectivity index (χ0n) is 11.6. The largest absolute Gasteiger partial charge is 0.330 e. The molecule has 0 spiro atoms. The lowest BCUT2D eigenvalue weighted by molar-refractivity contribution is -0.117. The van der Waals surface area contributed by atoms with Crippen LogP contribution in [-0.4, -0.2) is 37.0 Å². The van der Waals surface area contributed by atoms with Crippen molar-refractivity contribution in [3.63, 3.8) is 0 Å². The van der Waals surface area contributed by atoms with Crippen LogP contribution in [0.5, 0.6) is 0 Å². The quantitative estimate of drug-likeness (QED) is 0.876. The predicted octanol–water partition coefficient (Wildman–Crippen LogP) is 2.34. The Bertz CT molecular complexity index is 450. The van der Waals surface area contributed by atoms with Gasteiger partial charge in [-0.25, -0.2) is 0 Å². The molecule has 1 aromatic rings.